The Morgan fingerprint density at radius 1 is 1.03 bits per heavy atom. The molecule has 1 saturated carbocycles. The molecule has 2 aromatic carbocycles. The van der Waals surface area contributed by atoms with Crippen LogP contribution in [-0.4, -0.2) is 34.8 Å². The number of anilines is 1. The molecule has 2 aromatic rings. The summed E-state index contributed by atoms with van der Waals surface area (Å²) in [6.07, 6.45) is 4.23. The number of nitrogens with one attached hydrogen (secondary N) is 1. The van der Waals surface area contributed by atoms with Crippen LogP contribution in [0.1, 0.15) is 44.6 Å². The van der Waals surface area contributed by atoms with E-state index < -0.39 is 11.6 Å². The van der Waals surface area contributed by atoms with Gasteiger partial charge in [-0.15, -0.1) is 0 Å². The zero-order chi connectivity index (χ0) is 21.8. The van der Waals surface area contributed by atoms with E-state index in [9.17, 15) is 14.4 Å². The molecule has 1 heterocycles. The first-order valence-corrected chi connectivity index (χ1v) is 11.1. The normalized spacial score (nSPS) is 23.1. The van der Waals surface area contributed by atoms with Crippen LogP contribution < -0.4 is 10.2 Å². The summed E-state index contributed by atoms with van der Waals surface area (Å²) >= 11 is 0. The minimum absolute atomic E-state index is 0.256. The summed E-state index contributed by atoms with van der Waals surface area (Å²) in [5.74, 6) is 0.0661. The van der Waals surface area contributed by atoms with E-state index >= 15 is 0 Å². The number of nitrogens with zero attached hydrogens (tertiary/aromatic N) is 2. The molecule has 1 spiro atoms. The van der Waals surface area contributed by atoms with E-state index in [2.05, 4.69) is 12.2 Å². The van der Waals surface area contributed by atoms with Crippen molar-refractivity contribution in [3.05, 3.63) is 66.2 Å². The molecule has 0 bridgehead atoms. The average molecular weight is 420 g/mol. The third kappa shape index (κ3) is 4.33. The zero-order valence-electron chi connectivity index (χ0n) is 17.9. The molecule has 2 aliphatic rings. The lowest BCUT2D eigenvalue weighted by atomic mass is 9.75. The largest absolute Gasteiger partial charge is 0.325 e. The second-order valence-corrected chi connectivity index (χ2v) is 8.56. The first-order chi connectivity index (χ1) is 15.0. The van der Waals surface area contributed by atoms with Crippen LogP contribution in [0.3, 0.4) is 0 Å². The Kier molecular flexibility index (Phi) is 6.07. The molecule has 1 saturated heterocycles. The first kappa shape index (κ1) is 21.1. The molecule has 0 aromatic heterocycles. The number of para-hydroxylation sites is 1. The number of benzene rings is 2. The molecule has 162 valence electrons. The van der Waals surface area contributed by atoms with Gasteiger partial charge in [0.2, 0.25) is 5.91 Å². The molecule has 4 rings (SSSR count). The maximum absolute atomic E-state index is 13.3. The van der Waals surface area contributed by atoms with Crippen molar-refractivity contribution in [3.63, 3.8) is 0 Å². The Morgan fingerprint density at radius 3 is 2.26 bits per heavy atom. The molecule has 6 nitrogen and oxygen atoms in total. The number of urea groups is 1. The molecule has 2 fully saturated rings. The van der Waals surface area contributed by atoms with Crippen molar-refractivity contribution in [1.82, 2.24) is 10.2 Å². The molecular weight excluding hydrogens is 390 g/mol. The van der Waals surface area contributed by atoms with Crippen LogP contribution in [0, 0.1) is 5.92 Å². The van der Waals surface area contributed by atoms with Crippen molar-refractivity contribution in [2.24, 2.45) is 5.92 Å². The van der Waals surface area contributed by atoms with E-state index in [1.807, 2.05) is 60.7 Å². The summed E-state index contributed by atoms with van der Waals surface area (Å²) in [5.41, 5.74) is 0.882. The van der Waals surface area contributed by atoms with Gasteiger partial charge in [-0.3, -0.25) is 14.5 Å². The van der Waals surface area contributed by atoms with Gasteiger partial charge in [0.25, 0.3) is 5.91 Å². The summed E-state index contributed by atoms with van der Waals surface area (Å²) in [5, 5.41) is 2.91. The number of hydrogen-bond donors (Lipinski definition) is 1. The number of carbonyl (C=O) groups excluding carboxylic acids is 3. The summed E-state index contributed by atoms with van der Waals surface area (Å²) in [6.45, 7) is 2.27. The first-order valence-electron chi connectivity index (χ1n) is 11.1. The number of hydrogen-bond acceptors (Lipinski definition) is 3. The van der Waals surface area contributed by atoms with E-state index in [-0.39, 0.29) is 18.4 Å². The van der Waals surface area contributed by atoms with Crippen LogP contribution in [0.4, 0.5) is 10.5 Å². The van der Waals surface area contributed by atoms with Crippen molar-refractivity contribution in [3.8, 4) is 0 Å². The summed E-state index contributed by atoms with van der Waals surface area (Å²) in [6, 6.07) is 18.6. The van der Waals surface area contributed by atoms with Gasteiger partial charge in [0, 0.05) is 5.69 Å². The average Bonchev–Trinajstić information content (AvgIpc) is 3.03. The van der Waals surface area contributed by atoms with Gasteiger partial charge in [-0.25, -0.2) is 4.79 Å². The van der Waals surface area contributed by atoms with Crippen molar-refractivity contribution in [2.45, 2.75) is 51.1 Å². The van der Waals surface area contributed by atoms with E-state index in [1.54, 1.807) is 4.90 Å². The number of rotatable bonds is 6. The Bertz CT molecular complexity index is 937. The van der Waals surface area contributed by atoms with Crippen molar-refractivity contribution in [1.29, 1.82) is 0 Å². The standard InChI is InChI=1S/C25H29N3O3/c1-2-19-13-15-25(16-14-19)23(30)28(24(31)26-25)18-22(29)27(21-11-7-4-8-12-21)17-20-9-5-3-6-10-20/h3-12,19H,2,13-18H2,1H3,(H,26,31). The zero-order valence-corrected chi connectivity index (χ0v) is 17.9. The van der Waals surface area contributed by atoms with Crippen LogP contribution in [0.2, 0.25) is 0 Å². The molecule has 0 radical (unpaired) electrons. The van der Waals surface area contributed by atoms with Gasteiger partial charge in [-0.1, -0.05) is 61.9 Å². The lowest BCUT2D eigenvalue weighted by molar-refractivity contribution is -0.135. The summed E-state index contributed by atoms with van der Waals surface area (Å²) < 4.78 is 0. The minimum Gasteiger partial charge on any atom is -0.323 e. The second kappa shape index (κ2) is 8.92. The van der Waals surface area contributed by atoms with Gasteiger partial charge in [0.05, 0.1) is 6.54 Å². The van der Waals surface area contributed by atoms with Crippen molar-refractivity contribution >= 4 is 23.5 Å². The topological polar surface area (TPSA) is 69.7 Å². The SMILES string of the molecule is CCC1CCC2(CC1)NC(=O)N(CC(=O)N(Cc1ccccc1)c1ccccc1)C2=O. The monoisotopic (exact) mass is 419 g/mol. The van der Waals surface area contributed by atoms with Gasteiger partial charge in [0.15, 0.2) is 0 Å². The van der Waals surface area contributed by atoms with Crippen LogP contribution in [-0.2, 0) is 16.1 Å². The lowest BCUT2D eigenvalue weighted by Crippen LogP contribution is -2.50. The maximum Gasteiger partial charge on any atom is 0.325 e. The molecule has 31 heavy (non-hydrogen) atoms. The molecule has 0 unspecified atom stereocenters. The van der Waals surface area contributed by atoms with Crippen LogP contribution in [0.25, 0.3) is 0 Å². The van der Waals surface area contributed by atoms with E-state index in [0.717, 1.165) is 35.4 Å². The third-order valence-corrected chi connectivity index (χ3v) is 6.63. The quantitative estimate of drug-likeness (QED) is 0.717. The molecule has 1 N–H and O–H groups in total. The van der Waals surface area contributed by atoms with Gasteiger partial charge in [0.1, 0.15) is 12.1 Å². The van der Waals surface area contributed by atoms with Crippen molar-refractivity contribution < 1.29 is 14.4 Å². The smallest absolute Gasteiger partial charge is 0.323 e. The highest BCUT2D eigenvalue weighted by Gasteiger charge is 2.52. The van der Waals surface area contributed by atoms with E-state index in [4.69, 9.17) is 0 Å². The maximum atomic E-state index is 13.3. The fraction of sp³-hybridized carbons (Fsp3) is 0.400. The Morgan fingerprint density at radius 2 is 1.65 bits per heavy atom. The third-order valence-electron chi connectivity index (χ3n) is 6.63. The molecule has 1 aliphatic carbocycles. The Labute approximate surface area is 183 Å². The summed E-state index contributed by atoms with van der Waals surface area (Å²) in [7, 11) is 0. The lowest BCUT2D eigenvalue weighted by Gasteiger charge is -2.34. The Hall–Kier alpha value is -3.15. The van der Waals surface area contributed by atoms with Gasteiger partial charge < -0.3 is 10.2 Å². The number of amides is 4. The second-order valence-electron chi connectivity index (χ2n) is 8.56. The van der Waals surface area contributed by atoms with Crippen LogP contribution in [0.5, 0.6) is 0 Å². The predicted octanol–water partition coefficient (Wildman–Crippen LogP) is 4.11. The molecule has 6 heteroatoms. The highest BCUT2D eigenvalue weighted by atomic mass is 16.2. The highest BCUT2D eigenvalue weighted by Crippen LogP contribution is 2.37. The van der Waals surface area contributed by atoms with Gasteiger partial charge in [-0.05, 0) is 49.3 Å². The molecule has 0 atom stereocenters. The minimum atomic E-state index is -0.833. The fourth-order valence-electron chi connectivity index (χ4n) is 4.66. The Balaban J connectivity index is 1.52. The van der Waals surface area contributed by atoms with Crippen LogP contribution >= 0.6 is 0 Å². The molecule has 4 amide bonds. The number of carbonyl (C=O) groups is 3. The van der Waals surface area contributed by atoms with E-state index in [1.165, 1.54) is 0 Å². The van der Waals surface area contributed by atoms with E-state index in [0.29, 0.717) is 25.3 Å². The fourth-order valence-corrected chi connectivity index (χ4v) is 4.66. The van der Waals surface area contributed by atoms with Crippen molar-refractivity contribution in [2.75, 3.05) is 11.4 Å². The van der Waals surface area contributed by atoms with Crippen LogP contribution in [0.15, 0.2) is 60.7 Å². The van der Waals surface area contributed by atoms with Gasteiger partial charge >= 0.3 is 6.03 Å². The summed E-state index contributed by atoms with van der Waals surface area (Å²) in [4.78, 5) is 42.0. The molecular formula is C25H29N3O3. The highest BCUT2D eigenvalue weighted by molar-refractivity contribution is 6.10. The number of imide groups is 1. The molecule has 1 aliphatic heterocycles. The predicted molar refractivity (Wildman–Crippen MR) is 119 cm³/mol. The van der Waals surface area contributed by atoms with Gasteiger partial charge in [-0.2, -0.15) is 0 Å².